The molecule has 0 spiro atoms. The van der Waals surface area contributed by atoms with E-state index < -0.39 is 0 Å². The summed E-state index contributed by atoms with van der Waals surface area (Å²) in [4.78, 5) is 8.12. The Morgan fingerprint density at radius 1 is 1.43 bits per heavy atom. The van der Waals surface area contributed by atoms with E-state index in [9.17, 15) is 0 Å². The van der Waals surface area contributed by atoms with Crippen molar-refractivity contribution >= 4 is 0 Å². The third-order valence-corrected chi connectivity index (χ3v) is 1.95. The Hall–Kier alpha value is -1.16. The molecule has 1 rings (SSSR count). The summed E-state index contributed by atoms with van der Waals surface area (Å²) in [7, 11) is 1.57. The molecule has 1 heterocycles. The van der Waals surface area contributed by atoms with Gasteiger partial charge in [-0.3, -0.25) is 0 Å². The topological polar surface area (TPSA) is 55.2 Å². The number of aromatic nitrogens is 2. The summed E-state index contributed by atoms with van der Waals surface area (Å²) in [6.07, 6.45) is 1.71. The van der Waals surface area contributed by atoms with E-state index in [-0.39, 0.29) is 12.0 Å². The lowest BCUT2D eigenvalue weighted by Gasteiger charge is -2.20. The molecule has 0 atom stereocenters. The van der Waals surface area contributed by atoms with Gasteiger partial charge in [0.2, 0.25) is 5.88 Å². The van der Waals surface area contributed by atoms with Crippen molar-refractivity contribution in [3.8, 4) is 5.88 Å². The van der Waals surface area contributed by atoms with Crippen molar-refractivity contribution < 1.29 is 9.84 Å². The summed E-state index contributed by atoms with van der Waals surface area (Å²) in [5.41, 5.74) is 0.886. The summed E-state index contributed by atoms with van der Waals surface area (Å²) in [5, 5.41) is 8.87. The summed E-state index contributed by atoms with van der Waals surface area (Å²) >= 11 is 0. The van der Waals surface area contributed by atoms with Gasteiger partial charge in [-0.25, -0.2) is 4.98 Å². The van der Waals surface area contributed by atoms with E-state index in [0.29, 0.717) is 11.7 Å². The fraction of sp³-hybridized carbons (Fsp3) is 0.600. The SMILES string of the molecule is COc1nc(CO)ncc1C(C)(C)C. The fourth-order valence-electron chi connectivity index (χ4n) is 1.15. The molecule has 4 nitrogen and oxygen atoms in total. The number of methoxy groups -OCH3 is 1. The van der Waals surface area contributed by atoms with Crippen molar-refractivity contribution in [3.05, 3.63) is 17.6 Å². The number of nitrogens with zero attached hydrogens (tertiary/aromatic N) is 2. The van der Waals surface area contributed by atoms with Crippen molar-refractivity contribution in [3.63, 3.8) is 0 Å². The van der Waals surface area contributed by atoms with Crippen molar-refractivity contribution in [2.45, 2.75) is 32.8 Å². The van der Waals surface area contributed by atoms with Crippen LogP contribution in [0.2, 0.25) is 0 Å². The van der Waals surface area contributed by atoms with E-state index in [4.69, 9.17) is 9.84 Å². The van der Waals surface area contributed by atoms with Crippen LogP contribution in [0.15, 0.2) is 6.20 Å². The van der Waals surface area contributed by atoms with Crippen LogP contribution in [0.25, 0.3) is 0 Å². The Balaban J connectivity index is 3.18. The minimum absolute atomic E-state index is 0.0562. The first kappa shape index (κ1) is 10.9. The third kappa shape index (κ3) is 2.20. The predicted molar refractivity (Wildman–Crippen MR) is 53.2 cm³/mol. The minimum Gasteiger partial charge on any atom is -0.481 e. The number of aliphatic hydroxyl groups excluding tert-OH is 1. The monoisotopic (exact) mass is 196 g/mol. The first-order chi connectivity index (χ1) is 6.49. The molecule has 0 aromatic carbocycles. The average Bonchev–Trinajstić information content (AvgIpc) is 2.15. The fourth-order valence-corrected chi connectivity index (χ4v) is 1.15. The van der Waals surface area contributed by atoms with E-state index in [1.807, 2.05) is 0 Å². The van der Waals surface area contributed by atoms with Gasteiger partial charge in [0.15, 0.2) is 5.82 Å². The van der Waals surface area contributed by atoms with Gasteiger partial charge in [-0.1, -0.05) is 20.8 Å². The predicted octanol–water partition coefficient (Wildman–Crippen LogP) is 1.27. The molecule has 0 radical (unpaired) electrons. The van der Waals surface area contributed by atoms with Crippen molar-refractivity contribution in [1.82, 2.24) is 9.97 Å². The average molecular weight is 196 g/mol. The number of aliphatic hydroxyl groups is 1. The maximum Gasteiger partial charge on any atom is 0.220 e. The van der Waals surface area contributed by atoms with Crippen LogP contribution in [0.3, 0.4) is 0 Å². The zero-order valence-electron chi connectivity index (χ0n) is 9.03. The van der Waals surface area contributed by atoms with Crippen LogP contribution in [-0.2, 0) is 12.0 Å². The van der Waals surface area contributed by atoms with Gasteiger partial charge in [0.1, 0.15) is 6.61 Å². The highest BCUT2D eigenvalue weighted by molar-refractivity contribution is 5.30. The highest BCUT2D eigenvalue weighted by atomic mass is 16.5. The second-order valence-electron chi connectivity index (χ2n) is 4.12. The molecule has 78 valence electrons. The summed E-state index contributed by atoms with van der Waals surface area (Å²) in [6.45, 7) is 6.02. The lowest BCUT2D eigenvalue weighted by molar-refractivity contribution is 0.267. The highest BCUT2D eigenvalue weighted by Gasteiger charge is 2.20. The second kappa shape index (κ2) is 3.92. The first-order valence-corrected chi connectivity index (χ1v) is 4.50. The number of ether oxygens (including phenoxy) is 1. The van der Waals surface area contributed by atoms with Gasteiger partial charge in [0, 0.05) is 11.8 Å². The number of hydrogen-bond donors (Lipinski definition) is 1. The first-order valence-electron chi connectivity index (χ1n) is 4.50. The Bertz CT molecular complexity index is 318. The molecule has 1 N–H and O–H groups in total. The Labute approximate surface area is 84.0 Å². The molecule has 0 aliphatic carbocycles. The van der Waals surface area contributed by atoms with Crippen molar-refractivity contribution in [1.29, 1.82) is 0 Å². The Morgan fingerprint density at radius 3 is 2.50 bits per heavy atom. The van der Waals surface area contributed by atoms with E-state index in [1.54, 1.807) is 13.3 Å². The van der Waals surface area contributed by atoms with Crippen LogP contribution < -0.4 is 4.74 Å². The quantitative estimate of drug-likeness (QED) is 0.774. The molecule has 0 fully saturated rings. The van der Waals surface area contributed by atoms with Crippen LogP contribution >= 0.6 is 0 Å². The molecule has 0 saturated carbocycles. The lowest BCUT2D eigenvalue weighted by atomic mass is 9.89. The van der Waals surface area contributed by atoms with Gasteiger partial charge < -0.3 is 9.84 Å². The molecule has 1 aromatic rings. The lowest BCUT2D eigenvalue weighted by Crippen LogP contribution is -2.15. The smallest absolute Gasteiger partial charge is 0.220 e. The van der Waals surface area contributed by atoms with E-state index in [2.05, 4.69) is 30.7 Å². The number of rotatable bonds is 2. The van der Waals surface area contributed by atoms with Crippen LogP contribution in [0.4, 0.5) is 0 Å². The number of hydrogen-bond acceptors (Lipinski definition) is 4. The van der Waals surface area contributed by atoms with Crippen LogP contribution in [0.5, 0.6) is 5.88 Å². The zero-order chi connectivity index (χ0) is 10.8. The normalized spacial score (nSPS) is 11.5. The van der Waals surface area contributed by atoms with Gasteiger partial charge in [-0.05, 0) is 5.41 Å². The molecule has 0 unspecified atom stereocenters. The molecule has 0 aliphatic heterocycles. The van der Waals surface area contributed by atoms with Crippen molar-refractivity contribution in [2.75, 3.05) is 7.11 Å². The molecule has 0 saturated heterocycles. The summed E-state index contributed by atoms with van der Waals surface area (Å²) in [5.74, 6) is 0.923. The van der Waals surface area contributed by atoms with Gasteiger partial charge in [0.05, 0.1) is 7.11 Å². The molecular formula is C10H16N2O2. The molecule has 1 aromatic heterocycles. The third-order valence-electron chi connectivity index (χ3n) is 1.95. The maximum absolute atomic E-state index is 8.87. The minimum atomic E-state index is -0.166. The molecule has 0 amide bonds. The largest absolute Gasteiger partial charge is 0.481 e. The molecule has 0 bridgehead atoms. The van der Waals surface area contributed by atoms with Crippen LogP contribution in [-0.4, -0.2) is 22.2 Å². The van der Waals surface area contributed by atoms with Crippen LogP contribution in [0.1, 0.15) is 32.2 Å². The summed E-state index contributed by atoms with van der Waals surface area (Å²) < 4.78 is 5.15. The molecule has 0 aliphatic rings. The Morgan fingerprint density at radius 2 is 2.07 bits per heavy atom. The summed E-state index contributed by atoms with van der Waals surface area (Å²) in [6, 6.07) is 0. The molecule has 14 heavy (non-hydrogen) atoms. The standard InChI is InChI=1S/C10H16N2O2/c1-10(2,3)7-5-11-8(6-13)12-9(7)14-4/h5,13H,6H2,1-4H3. The van der Waals surface area contributed by atoms with E-state index in [0.717, 1.165) is 5.56 Å². The van der Waals surface area contributed by atoms with E-state index in [1.165, 1.54) is 0 Å². The van der Waals surface area contributed by atoms with Gasteiger partial charge in [-0.2, -0.15) is 4.98 Å². The molecular weight excluding hydrogens is 180 g/mol. The molecule has 4 heteroatoms. The van der Waals surface area contributed by atoms with Gasteiger partial charge >= 0.3 is 0 Å². The van der Waals surface area contributed by atoms with Crippen LogP contribution in [0, 0.1) is 0 Å². The highest BCUT2D eigenvalue weighted by Crippen LogP contribution is 2.28. The van der Waals surface area contributed by atoms with E-state index >= 15 is 0 Å². The van der Waals surface area contributed by atoms with Crippen molar-refractivity contribution in [2.24, 2.45) is 0 Å². The second-order valence-corrected chi connectivity index (χ2v) is 4.12. The Kier molecular flexibility index (Phi) is 3.06. The van der Waals surface area contributed by atoms with Gasteiger partial charge in [0.25, 0.3) is 0 Å². The maximum atomic E-state index is 8.87. The zero-order valence-corrected chi connectivity index (χ0v) is 9.03. The van der Waals surface area contributed by atoms with Gasteiger partial charge in [-0.15, -0.1) is 0 Å².